The monoisotopic (exact) mass is 277 g/mol. The number of benzene rings is 1. The minimum atomic E-state index is 0.0546. The average molecular weight is 277 g/mol. The van der Waals surface area contributed by atoms with E-state index in [1.54, 1.807) is 7.11 Å². The molecule has 0 saturated heterocycles. The van der Waals surface area contributed by atoms with Gasteiger partial charge in [0.1, 0.15) is 6.61 Å². The Bertz CT molecular complexity index is 501. The van der Waals surface area contributed by atoms with Gasteiger partial charge in [-0.3, -0.25) is 0 Å². The van der Waals surface area contributed by atoms with Gasteiger partial charge in [0.2, 0.25) is 5.89 Å². The molecule has 0 aliphatic rings. The summed E-state index contributed by atoms with van der Waals surface area (Å²) in [6.45, 7) is 0.907. The fourth-order valence-electron chi connectivity index (χ4n) is 1.96. The maximum absolute atomic E-state index is 9.16. The van der Waals surface area contributed by atoms with E-state index in [0.717, 1.165) is 5.56 Å². The van der Waals surface area contributed by atoms with Crippen molar-refractivity contribution >= 4 is 0 Å². The molecular formula is C14H19N3O3. The molecule has 0 aliphatic heterocycles. The second-order valence-corrected chi connectivity index (χ2v) is 4.39. The maximum atomic E-state index is 9.16. The van der Waals surface area contributed by atoms with Gasteiger partial charge >= 0.3 is 0 Å². The van der Waals surface area contributed by atoms with Crippen molar-refractivity contribution in [3.8, 4) is 0 Å². The molecule has 0 aliphatic carbocycles. The number of rotatable bonds is 8. The predicted octanol–water partition coefficient (Wildman–Crippen LogP) is 1.43. The molecule has 0 fully saturated rings. The van der Waals surface area contributed by atoms with E-state index in [1.165, 1.54) is 0 Å². The van der Waals surface area contributed by atoms with Gasteiger partial charge in [-0.1, -0.05) is 35.5 Å². The summed E-state index contributed by atoms with van der Waals surface area (Å²) in [6.07, 6.45) is 0.628. The molecule has 1 aromatic heterocycles. The Kier molecular flexibility index (Phi) is 5.67. The first kappa shape index (κ1) is 14.6. The zero-order valence-corrected chi connectivity index (χ0v) is 11.5. The van der Waals surface area contributed by atoms with Crippen LogP contribution in [0.15, 0.2) is 34.9 Å². The van der Waals surface area contributed by atoms with Crippen molar-refractivity contribution in [2.45, 2.75) is 25.6 Å². The van der Waals surface area contributed by atoms with E-state index in [0.29, 0.717) is 31.3 Å². The molecule has 108 valence electrons. The molecule has 1 atom stereocenters. The van der Waals surface area contributed by atoms with Crippen LogP contribution in [0.2, 0.25) is 0 Å². The predicted molar refractivity (Wildman–Crippen MR) is 72.7 cm³/mol. The van der Waals surface area contributed by atoms with E-state index in [9.17, 15) is 0 Å². The number of ether oxygens (including phenoxy) is 1. The standard InChI is InChI=1S/C14H19N3O3/c1-19-10-13-16-14(20-17-13)9-15-12(7-8-18)11-5-3-2-4-6-11/h2-6,12,15,18H,7-10H2,1H3. The van der Waals surface area contributed by atoms with Gasteiger partial charge in [0.05, 0.1) is 6.54 Å². The number of aromatic nitrogens is 2. The van der Waals surface area contributed by atoms with Gasteiger partial charge in [-0.25, -0.2) is 0 Å². The van der Waals surface area contributed by atoms with Gasteiger partial charge < -0.3 is 19.7 Å². The van der Waals surface area contributed by atoms with Gasteiger partial charge in [0, 0.05) is 19.8 Å². The van der Waals surface area contributed by atoms with Crippen LogP contribution in [0.25, 0.3) is 0 Å². The Morgan fingerprint density at radius 3 is 2.85 bits per heavy atom. The van der Waals surface area contributed by atoms with Crippen LogP contribution in [-0.2, 0) is 17.9 Å². The SMILES string of the molecule is COCc1noc(CNC(CCO)c2ccccc2)n1. The van der Waals surface area contributed by atoms with E-state index in [4.69, 9.17) is 14.4 Å². The van der Waals surface area contributed by atoms with Crippen LogP contribution in [0, 0.1) is 0 Å². The number of aliphatic hydroxyl groups is 1. The lowest BCUT2D eigenvalue weighted by atomic mass is 10.0. The summed E-state index contributed by atoms with van der Waals surface area (Å²) in [6, 6.07) is 10.0. The summed E-state index contributed by atoms with van der Waals surface area (Å²) in [5.74, 6) is 1.04. The summed E-state index contributed by atoms with van der Waals surface area (Å²) in [5, 5.41) is 16.3. The Balaban J connectivity index is 1.94. The second kappa shape index (κ2) is 7.74. The molecule has 0 spiro atoms. The summed E-state index contributed by atoms with van der Waals surface area (Å²) in [4.78, 5) is 4.20. The molecule has 2 rings (SSSR count). The molecule has 20 heavy (non-hydrogen) atoms. The molecule has 1 unspecified atom stereocenters. The first-order chi connectivity index (χ1) is 9.83. The number of nitrogens with one attached hydrogen (secondary N) is 1. The Labute approximate surface area is 117 Å². The smallest absolute Gasteiger partial charge is 0.240 e. The van der Waals surface area contributed by atoms with Crippen LogP contribution >= 0.6 is 0 Å². The van der Waals surface area contributed by atoms with Gasteiger partial charge in [-0.05, 0) is 12.0 Å². The highest BCUT2D eigenvalue weighted by Gasteiger charge is 2.12. The molecule has 0 radical (unpaired) electrons. The molecule has 0 bridgehead atoms. The molecule has 6 nitrogen and oxygen atoms in total. The van der Waals surface area contributed by atoms with Crippen molar-refractivity contribution in [1.29, 1.82) is 0 Å². The summed E-state index contributed by atoms with van der Waals surface area (Å²) in [5.41, 5.74) is 1.12. The molecule has 0 saturated carbocycles. The lowest BCUT2D eigenvalue weighted by Gasteiger charge is -2.16. The third-order valence-electron chi connectivity index (χ3n) is 2.90. The minimum Gasteiger partial charge on any atom is -0.396 e. The Morgan fingerprint density at radius 2 is 2.15 bits per heavy atom. The second-order valence-electron chi connectivity index (χ2n) is 4.39. The summed E-state index contributed by atoms with van der Waals surface area (Å²) >= 11 is 0. The van der Waals surface area contributed by atoms with Gasteiger partial charge in [0.25, 0.3) is 0 Å². The highest BCUT2D eigenvalue weighted by atomic mass is 16.5. The topological polar surface area (TPSA) is 80.4 Å². The molecule has 1 heterocycles. The molecule has 1 aromatic carbocycles. The third kappa shape index (κ3) is 4.12. The normalized spacial score (nSPS) is 12.5. The molecule has 6 heteroatoms. The van der Waals surface area contributed by atoms with E-state index >= 15 is 0 Å². The van der Waals surface area contributed by atoms with E-state index in [-0.39, 0.29) is 12.6 Å². The van der Waals surface area contributed by atoms with Crippen LogP contribution < -0.4 is 5.32 Å². The van der Waals surface area contributed by atoms with Gasteiger partial charge in [-0.2, -0.15) is 4.98 Å². The van der Waals surface area contributed by atoms with Crippen molar-refractivity contribution in [1.82, 2.24) is 15.5 Å². The van der Waals surface area contributed by atoms with Crippen LogP contribution in [0.3, 0.4) is 0 Å². The maximum Gasteiger partial charge on any atom is 0.240 e. The van der Waals surface area contributed by atoms with Crippen LogP contribution in [0.5, 0.6) is 0 Å². The molecular weight excluding hydrogens is 258 g/mol. The van der Waals surface area contributed by atoms with Crippen molar-refractivity contribution in [2.75, 3.05) is 13.7 Å². The highest BCUT2D eigenvalue weighted by Crippen LogP contribution is 2.16. The quantitative estimate of drug-likeness (QED) is 0.759. The summed E-state index contributed by atoms with van der Waals surface area (Å²) in [7, 11) is 1.58. The Morgan fingerprint density at radius 1 is 1.35 bits per heavy atom. The van der Waals surface area contributed by atoms with Crippen molar-refractivity contribution < 1.29 is 14.4 Å². The van der Waals surface area contributed by atoms with E-state index < -0.39 is 0 Å². The first-order valence-electron chi connectivity index (χ1n) is 6.53. The minimum absolute atomic E-state index is 0.0546. The van der Waals surface area contributed by atoms with Crippen LogP contribution in [0.1, 0.15) is 29.7 Å². The number of hydrogen-bond acceptors (Lipinski definition) is 6. The van der Waals surface area contributed by atoms with E-state index in [2.05, 4.69) is 15.5 Å². The zero-order valence-electron chi connectivity index (χ0n) is 11.5. The van der Waals surface area contributed by atoms with Gasteiger partial charge in [-0.15, -0.1) is 0 Å². The fraction of sp³-hybridized carbons (Fsp3) is 0.429. The number of aliphatic hydroxyl groups excluding tert-OH is 1. The van der Waals surface area contributed by atoms with E-state index in [1.807, 2.05) is 30.3 Å². The van der Waals surface area contributed by atoms with Crippen LogP contribution in [-0.4, -0.2) is 29.0 Å². The number of nitrogens with zero attached hydrogens (tertiary/aromatic N) is 2. The zero-order chi connectivity index (χ0) is 14.2. The first-order valence-corrected chi connectivity index (χ1v) is 6.53. The molecule has 2 N–H and O–H groups in total. The van der Waals surface area contributed by atoms with Crippen molar-refractivity contribution in [2.24, 2.45) is 0 Å². The highest BCUT2D eigenvalue weighted by molar-refractivity contribution is 5.18. The molecule has 2 aromatic rings. The number of hydrogen-bond donors (Lipinski definition) is 2. The third-order valence-corrected chi connectivity index (χ3v) is 2.90. The Hall–Kier alpha value is -1.76. The average Bonchev–Trinajstić information content (AvgIpc) is 2.92. The fourth-order valence-corrected chi connectivity index (χ4v) is 1.96. The lowest BCUT2D eigenvalue weighted by molar-refractivity contribution is 0.174. The largest absolute Gasteiger partial charge is 0.396 e. The lowest BCUT2D eigenvalue weighted by Crippen LogP contribution is -2.22. The number of methoxy groups -OCH3 is 1. The van der Waals surface area contributed by atoms with Crippen LogP contribution in [0.4, 0.5) is 0 Å². The molecule has 0 amide bonds. The summed E-state index contributed by atoms with van der Waals surface area (Å²) < 4.78 is 10.1. The van der Waals surface area contributed by atoms with Crippen molar-refractivity contribution in [3.63, 3.8) is 0 Å². The van der Waals surface area contributed by atoms with Gasteiger partial charge in [0.15, 0.2) is 5.82 Å². The van der Waals surface area contributed by atoms with Crippen molar-refractivity contribution in [3.05, 3.63) is 47.6 Å².